The Balaban J connectivity index is 2.16. The van der Waals surface area contributed by atoms with Gasteiger partial charge in [0.2, 0.25) is 11.8 Å². The van der Waals surface area contributed by atoms with E-state index in [1.165, 1.54) is 17.9 Å². The monoisotopic (exact) mass is 445 g/mol. The number of aliphatic hydroxyl groups excluding tert-OH is 1. The lowest BCUT2D eigenvalue weighted by atomic mass is 9.86. The van der Waals surface area contributed by atoms with Crippen molar-refractivity contribution in [2.45, 2.75) is 65.0 Å². The Labute approximate surface area is 187 Å². The molecule has 0 bridgehead atoms. The molecule has 1 aliphatic rings. The maximum atomic E-state index is 12.9. The van der Waals surface area contributed by atoms with E-state index in [0.29, 0.717) is 11.1 Å². The molecule has 1 fully saturated rings. The number of hydrogen-bond acceptors (Lipinski definition) is 6. The highest BCUT2D eigenvalue weighted by molar-refractivity contribution is 5.90. The van der Waals surface area contributed by atoms with Gasteiger partial charge in [0.1, 0.15) is 11.8 Å². The van der Waals surface area contributed by atoms with Crippen LogP contribution in [-0.4, -0.2) is 63.7 Å². The quantitative estimate of drug-likeness (QED) is 0.447. The summed E-state index contributed by atoms with van der Waals surface area (Å²) in [6, 6.07) is 3.13. The molecule has 1 heterocycles. The van der Waals surface area contributed by atoms with E-state index in [0.717, 1.165) is 0 Å². The van der Waals surface area contributed by atoms with E-state index >= 15 is 0 Å². The Bertz CT molecular complexity index is 917. The summed E-state index contributed by atoms with van der Waals surface area (Å²) in [5.41, 5.74) is 6.60. The number of β-amino-alcohol motifs (C(OH)–C–C–N with tert-alkyl or cyclic N) is 1. The number of ether oxygens (including phenoxy) is 1. The highest BCUT2D eigenvalue weighted by Crippen LogP contribution is 2.26. The Morgan fingerprint density at radius 1 is 1.38 bits per heavy atom. The van der Waals surface area contributed by atoms with Gasteiger partial charge in [-0.25, -0.2) is 4.79 Å². The molecule has 1 aromatic rings. The third-order valence-corrected chi connectivity index (χ3v) is 5.40. The van der Waals surface area contributed by atoms with Gasteiger partial charge in [-0.15, -0.1) is 6.42 Å². The molecule has 1 aromatic carbocycles. The minimum absolute atomic E-state index is 0.0192. The van der Waals surface area contributed by atoms with Crippen molar-refractivity contribution in [2.24, 2.45) is 11.1 Å². The number of amides is 2. The number of carbonyl (C=O) groups excluding carboxylic acids is 2. The number of likely N-dealkylation sites (tertiary alicyclic amines) is 1. The number of benzene rings is 1. The van der Waals surface area contributed by atoms with E-state index in [4.69, 9.17) is 22.0 Å². The van der Waals surface area contributed by atoms with Crippen molar-refractivity contribution in [1.82, 2.24) is 10.2 Å². The van der Waals surface area contributed by atoms with Crippen molar-refractivity contribution in [3.8, 4) is 18.1 Å². The molecule has 174 valence electrons. The summed E-state index contributed by atoms with van der Waals surface area (Å²) in [6.45, 7) is 6.92. The van der Waals surface area contributed by atoms with Crippen molar-refractivity contribution in [3.05, 3.63) is 29.3 Å². The zero-order chi connectivity index (χ0) is 24.2. The summed E-state index contributed by atoms with van der Waals surface area (Å²) in [4.78, 5) is 38.2. The average Bonchev–Trinajstić information content (AvgIpc) is 3.12. The van der Waals surface area contributed by atoms with Gasteiger partial charge in [0, 0.05) is 30.6 Å². The second-order valence-corrected chi connectivity index (χ2v) is 9.02. The first-order chi connectivity index (χ1) is 14.8. The molecule has 0 aliphatic carbocycles. The van der Waals surface area contributed by atoms with Crippen molar-refractivity contribution >= 4 is 17.8 Å². The summed E-state index contributed by atoms with van der Waals surface area (Å²) in [5, 5.41) is 21.9. The predicted octanol–water partition coefficient (Wildman–Crippen LogP) is 0.471. The second-order valence-electron chi connectivity index (χ2n) is 9.02. The number of carboxylic acid groups (broad SMARTS) is 1. The molecule has 2 rings (SSSR count). The van der Waals surface area contributed by atoms with Gasteiger partial charge >= 0.3 is 5.97 Å². The Morgan fingerprint density at radius 3 is 2.59 bits per heavy atom. The van der Waals surface area contributed by atoms with Crippen LogP contribution in [-0.2, 0) is 20.9 Å². The number of aliphatic hydroxyl groups is 1. The molecule has 4 atom stereocenters. The number of carbonyl (C=O) groups is 3. The number of hydrogen-bond donors (Lipinski definition) is 4. The zero-order valence-corrected chi connectivity index (χ0v) is 18.8. The van der Waals surface area contributed by atoms with Crippen LogP contribution in [0.4, 0.5) is 0 Å². The normalized spacial score (nSPS) is 20.2. The highest BCUT2D eigenvalue weighted by atomic mass is 16.5. The first kappa shape index (κ1) is 25.2. The van der Waals surface area contributed by atoms with E-state index in [2.05, 4.69) is 11.2 Å². The molecular weight excluding hydrogens is 414 g/mol. The van der Waals surface area contributed by atoms with Crippen LogP contribution in [0.2, 0.25) is 0 Å². The molecule has 1 aliphatic heterocycles. The third-order valence-electron chi connectivity index (χ3n) is 5.40. The molecule has 5 N–H and O–H groups in total. The first-order valence-electron chi connectivity index (χ1n) is 10.4. The first-order valence-corrected chi connectivity index (χ1v) is 10.4. The molecule has 1 saturated heterocycles. The number of nitrogens with two attached hydrogens (primary N) is 1. The van der Waals surface area contributed by atoms with Crippen LogP contribution in [0.1, 0.15) is 45.2 Å². The lowest BCUT2D eigenvalue weighted by molar-refractivity contribution is -0.144. The van der Waals surface area contributed by atoms with Crippen LogP contribution in [0.3, 0.4) is 0 Å². The molecule has 9 heteroatoms. The van der Waals surface area contributed by atoms with Gasteiger partial charge in [0.25, 0.3) is 0 Å². The largest absolute Gasteiger partial charge is 0.479 e. The summed E-state index contributed by atoms with van der Waals surface area (Å²) < 4.78 is 5.49. The summed E-state index contributed by atoms with van der Waals surface area (Å²) in [5.74, 6) is 0.705. The van der Waals surface area contributed by atoms with Crippen LogP contribution >= 0.6 is 0 Å². The van der Waals surface area contributed by atoms with Gasteiger partial charge in [-0.1, -0.05) is 32.8 Å². The highest BCUT2D eigenvalue weighted by Gasteiger charge is 2.42. The molecule has 0 spiro atoms. The summed E-state index contributed by atoms with van der Waals surface area (Å²) in [6.07, 6.45) is 3.57. The van der Waals surface area contributed by atoms with Gasteiger partial charge in [-0.3, -0.25) is 9.59 Å². The van der Waals surface area contributed by atoms with E-state index in [1.807, 2.05) is 20.8 Å². The van der Waals surface area contributed by atoms with Crippen LogP contribution < -0.4 is 15.8 Å². The fourth-order valence-electron chi connectivity index (χ4n) is 3.30. The maximum absolute atomic E-state index is 12.9. The van der Waals surface area contributed by atoms with Crippen LogP contribution in [0.25, 0.3) is 0 Å². The number of terminal acetylenes is 1. The van der Waals surface area contributed by atoms with Gasteiger partial charge in [-0.05, 0) is 24.5 Å². The van der Waals surface area contributed by atoms with Crippen molar-refractivity contribution < 1.29 is 29.3 Å². The van der Waals surface area contributed by atoms with Crippen molar-refractivity contribution in [2.75, 3.05) is 6.54 Å². The minimum atomic E-state index is -1.14. The number of rotatable bonds is 7. The van der Waals surface area contributed by atoms with E-state index in [9.17, 15) is 19.5 Å². The minimum Gasteiger partial charge on any atom is -0.479 e. The molecule has 0 saturated carbocycles. The number of aliphatic carboxylic acids is 1. The number of nitrogens with one attached hydrogen (secondary N) is 1. The SMILES string of the molecule is C#Cc1ccc(CNC(=O)[C@@H]2C[C@@H](O)CN2C(=O)C(N)C(C)(C)C)c(OC(C)C(=O)O)c1. The smallest absolute Gasteiger partial charge is 0.344 e. The molecule has 0 aromatic heterocycles. The van der Waals surface area contributed by atoms with Crippen LogP contribution in [0.15, 0.2) is 18.2 Å². The van der Waals surface area contributed by atoms with Gasteiger partial charge < -0.3 is 30.9 Å². The summed E-state index contributed by atoms with van der Waals surface area (Å²) >= 11 is 0. The molecule has 2 unspecified atom stereocenters. The fraction of sp³-hybridized carbons (Fsp3) is 0.522. The lowest BCUT2D eigenvalue weighted by Gasteiger charge is -2.32. The Kier molecular flexibility index (Phi) is 7.88. The predicted molar refractivity (Wildman–Crippen MR) is 118 cm³/mol. The Morgan fingerprint density at radius 2 is 2.03 bits per heavy atom. The van der Waals surface area contributed by atoms with Crippen molar-refractivity contribution in [1.29, 1.82) is 0 Å². The van der Waals surface area contributed by atoms with Gasteiger partial charge in [0.05, 0.1) is 12.1 Å². The van der Waals surface area contributed by atoms with Gasteiger partial charge in [0.15, 0.2) is 6.10 Å². The van der Waals surface area contributed by atoms with Gasteiger partial charge in [-0.2, -0.15) is 0 Å². The van der Waals surface area contributed by atoms with E-state index < -0.39 is 47.5 Å². The lowest BCUT2D eigenvalue weighted by Crippen LogP contribution is -2.54. The van der Waals surface area contributed by atoms with Crippen LogP contribution in [0, 0.1) is 17.8 Å². The molecule has 9 nitrogen and oxygen atoms in total. The van der Waals surface area contributed by atoms with E-state index in [1.54, 1.807) is 12.1 Å². The van der Waals surface area contributed by atoms with Crippen molar-refractivity contribution in [3.63, 3.8) is 0 Å². The Hall–Kier alpha value is -3.09. The average molecular weight is 446 g/mol. The van der Waals surface area contributed by atoms with Crippen LogP contribution in [0.5, 0.6) is 5.75 Å². The second kappa shape index (κ2) is 10.0. The number of nitrogens with zero attached hydrogens (tertiary/aromatic N) is 1. The summed E-state index contributed by atoms with van der Waals surface area (Å²) in [7, 11) is 0. The molecular formula is C23H31N3O6. The molecule has 32 heavy (non-hydrogen) atoms. The number of carboxylic acids is 1. The standard InChI is InChI=1S/C23H31N3O6/c1-6-14-7-8-15(18(9-14)32-13(2)22(30)31)11-25-20(28)17-10-16(27)12-26(17)21(29)19(24)23(3,4)5/h1,7-9,13,16-17,19,27H,10-12,24H2,2-5H3,(H,25,28)(H,30,31)/t13?,16-,17+,19?/m1/s1. The maximum Gasteiger partial charge on any atom is 0.344 e. The zero-order valence-electron chi connectivity index (χ0n) is 18.8. The third kappa shape index (κ3) is 5.99. The topological polar surface area (TPSA) is 142 Å². The molecule has 0 radical (unpaired) electrons. The molecule has 2 amide bonds. The fourth-order valence-corrected chi connectivity index (χ4v) is 3.30. The van der Waals surface area contributed by atoms with E-state index in [-0.39, 0.29) is 25.3 Å².